The Hall–Kier alpha value is -4.31. The molecule has 1 unspecified atom stereocenters. The SMILES string of the molecule is COC1CCC2(CC1)C/C(=C\c1ccc(-n3cnc(C)n3)c3oncc13)C1=NOC(CCS(=O)(=O)C(F)(F)F)(c3ccc(F)cc3)N1C2. The summed E-state index contributed by atoms with van der Waals surface area (Å²) in [5, 5.41) is 13.5. The van der Waals surface area contributed by atoms with E-state index in [0.29, 0.717) is 41.3 Å². The number of nitrogens with zero attached hydrogens (tertiary/aromatic N) is 6. The van der Waals surface area contributed by atoms with Crippen LogP contribution in [0.5, 0.6) is 0 Å². The van der Waals surface area contributed by atoms with E-state index in [0.717, 1.165) is 49.0 Å². The largest absolute Gasteiger partial charge is 0.497 e. The molecule has 2 fully saturated rings. The summed E-state index contributed by atoms with van der Waals surface area (Å²) in [4.78, 5) is 12.0. The number of ether oxygens (including phenoxy) is 1. The van der Waals surface area contributed by atoms with Gasteiger partial charge >= 0.3 is 5.51 Å². The van der Waals surface area contributed by atoms with Crippen molar-refractivity contribution in [2.75, 3.05) is 19.4 Å². The molecule has 3 aliphatic rings. The molecule has 0 bridgehead atoms. The van der Waals surface area contributed by atoms with Gasteiger partial charge in [-0.25, -0.2) is 22.5 Å². The van der Waals surface area contributed by atoms with Gasteiger partial charge in [-0.1, -0.05) is 28.5 Å². The molecule has 0 amide bonds. The maximum atomic E-state index is 14.1. The molecule has 2 aromatic heterocycles. The standard InChI is InChI=1S/C32H32F4N6O5S/c1-20-37-19-42(39-20)27-8-3-21(26-17-38-46-28(26)27)15-22-16-30(11-9-25(45-2)10-12-30)18-41-29(22)40-47-31(41,23-4-6-24(33)7-5-23)13-14-48(43,44)32(34,35)36/h3-8,15,17,19,25H,9-14,16,18H2,1-2H3/b22-15+. The Bertz CT molecular complexity index is 2020. The number of fused-ring (bicyclic) bond motifs is 2. The van der Waals surface area contributed by atoms with Crippen molar-refractivity contribution >= 4 is 32.7 Å². The Morgan fingerprint density at radius 3 is 2.54 bits per heavy atom. The predicted molar refractivity (Wildman–Crippen MR) is 166 cm³/mol. The lowest BCUT2D eigenvalue weighted by atomic mass is 9.66. The van der Waals surface area contributed by atoms with Crippen molar-refractivity contribution in [1.29, 1.82) is 0 Å². The highest BCUT2D eigenvalue weighted by atomic mass is 32.2. The second kappa shape index (κ2) is 11.7. The maximum absolute atomic E-state index is 14.1. The van der Waals surface area contributed by atoms with Crippen molar-refractivity contribution in [1.82, 2.24) is 24.8 Å². The topological polar surface area (TPSA) is 125 Å². The summed E-state index contributed by atoms with van der Waals surface area (Å²) in [5.74, 6) is -0.873. The molecule has 4 aromatic rings. The summed E-state index contributed by atoms with van der Waals surface area (Å²) in [6.07, 6.45) is 8.13. The molecule has 1 aliphatic carbocycles. The van der Waals surface area contributed by atoms with Gasteiger partial charge in [0.1, 0.15) is 23.7 Å². The van der Waals surface area contributed by atoms with Crippen molar-refractivity contribution in [2.45, 2.75) is 62.8 Å². The van der Waals surface area contributed by atoms with Crippen LogP contribution in [0.15, 0.2) is 64.2 Å². The summed E-state index contributed by atoms with van der Waals surface area (Å²) >= 11 is 0. The zero-order valence-electron chi connectivity index (χ0n) is 26.1. The van der Waals surface area contributed by atoms with E-state index in [4.69, 9.17) is 14.1 Å². The van der Waals surface area contributed by atoms with Gasteiger partial charge in [-0.15, -0.1) is 0 Å². The Morgan fingerprint density at radius 2 is 1.88 bits per heavy atom. The molecule has 48 heavy (non-hydrogen) atoms. The van der Waals surface area contributed by atoms with Crippen LogP contribution < -0.4 is 0 Å². The highest BCUT2D eigenvalue weighted by molar-refractivity contribution is 7.92. The molecule has 11 nitrogen and oxygen atoms in total. The fourth-order valence-corrected chi connectivity index (χ4v) is 7.92. The molecule has 1 atom stereocenters. The third kappa shape index (κ3) is 5.53. The van der Waals surface area contributed by atoms with Gasteiger partial charge in [0.2, 0.25) is 15.6 Å². The number of sulfone groups is 1. The number of amidine groups is 1. The smallest absolute Gasteiger partial charge is 0.381 e. The molecule has 2 aliphatic heterocycles. The molecule has 0 radical (unpaired) electrons. The first-order chi connectivity index (χ1) is 22.8. The van der Waals surface area contributed by atoms with Crippen LogP contribution in [0.4, 0.5) is 17.6 Å². The fraction of sp³-hybridized carbons (Fsp3) is 0.438. The van der Waals surface area contributed by atoms with Gasteiger partial charge in [-0.2, -0.15) is 18.3 Å². The number of halogens is 4. The quantitative estimate of drug-likeness (QED) is 0.214. The fourth-order valence-electron chi connectivity index (χ4n) is 7.14. The number of aromatic nitrogens is 4. The lowest BCUT2D eigenvalue weighted by Gasteiger charge is -2.50. The van der Waals surface area contributed by atoms with Gasteiger partial charge in [-0.05, 0) is 79.9 Å². The van der Waals surface area contributed by atoms with Crippen molar-refractivity contribution in [2.24, 2.45) is 10.6 Å². The summed E-state index contributed by atoms with van der Waals surface area (Å²) in [6.45, 7) is 2.10. The van der Waals surface area contributed by atoms with E-state index in [2.05, 4.69) is 20.4 Å². The van der Waals surface area contributed by atoms with Gasteiger partial charge in [0.15, 0.2) is 11.4 Å². The Kier molecular flexibility index (Phi) is 7.85. The first-order valence-electron chi connectivity index (χ1n) is 15.4. The second-order valence-electron chi connectivity index (χ2n) is 12.7. The number of rotatable bonds is 7. The van der Waals surface area contributed by atoms with Crippen LogP contribution in [0, 0.1) is 18.2 Å². The number of hydrogen-bond donors (Lipinski definition) is 0. The molecule has 1 spiro atoms. The lowest BCUT2D eigenvalue weighted by Crippen LogP contribution is -2.56. The third-order valence-electron chi connectivity index (χ3n) is 9.72. The van der Waals surface area contributed by atoms with Crippen molar-refractivity contribution < 1.29 is 40.1 Å². The van der Waals surface area contributed by atoms with Crippen LogP contribution in [0.25, 0.3) is 22.7 Å². The highest BCUT2D eigenvalue weighted by Crippen LogP contribution is 2.52. The maximum Gasteiger partial charge on any atom is 0.497 e. The summed E-state index contributed by atoms with van der Waals surface area (Å²) in [5.41, 5.74) is -4.69. The van der Waals surface area contributed by atoms with Crippen LogP contribution >= 0.6 is 0 Å². The molecule has 2 aromatic carbocycles. The molecule has 1 saturated carbocycles. The van der Waals surface area contributed by atoms with Gasteiger partial charge in [0.25, 0.3) is 0 Å². The molecule has 4 heterocycles. The first-order valence-corrected chi connectivity index (χ1v) is 17.1. The first kappa shape index (κ1) is 32.2. The van der Waals surface area contributed by atoms with Crippen molar-refractivity contribution in [3.05, 3.63) is 77.3 Å². The molecule has 7 rings (SSSR count). The summed E-state index contributed by atoms with van der Waals surface area (Å²) in [7, 11) is -3.85. The number of methoxy groups -OCH3 is 1. The number of hydrogen-bond acceptors (Lipinski definition) is 10. The summed E-state index contributed by atoms with van der Waals surface area (Å²) in [6, 6.07) is 8.82. The molecule has 1 saturated heterocycles. The minimum absolute atomic E-state index is 0.0660. The zero-order chi connectivity index (χ0) is 33.9. The van der Waals surface area contributed by atoms with Gasteiger partial charge in [-0.3, -0.25) is 0 Å². The average molecular weight is 689 g/mol. The number of aryl methyl sites for hydroxylation is 1. The third-order valence-corrected chi connectivity index (χ3v) is 11.2. The lowest BCUT2D eigenvalue weighted by molar-refractivity contribution is -0.125. The van der Waals surface area contributed by atoms with Gasteiger partial charge in [0.05, 0.1) is 23.4 Å². The van der Waals surface area contributed by atoms with E-state index < -0.39 is 39.1 Å². The molecular weight excluding hydrogens is 656 g/mol. The van der Waals surface area contributed by atoms with Crippen LogP contribution in [0.2, 0.25) is 0 Å². The molecular formula is C32H32F4N6O5S. The number of alkyl halides is 3. The van der Waals surface area contributed by atoms with E-state index >= 15 is 0 Å². The Labute approximate surface area is 273 Å². The molecule has 254 valence electrons. The van der Waals surface area contributed by atoms with E-state index in [9.17, 15) is 26.0 Å². The normalized spacial score (nSPS) is 25.5. The predicted octanol–water partition coefficient (Wildman–Crippen LogP) is 6.04. The second-order valence-corrected chi connectivity index (χ2v) is 14.8. The summed E-state index contributed by atoms with van der Waals surface area (Å²) < 4.78 is 92.3. The van der Waals surface area contributed by atoms with Crippen LogP contribution in [0.1, 0.15) is 55.5 Å². The minimum Gasteiger partial charge on any atom is -0.381 e. The van der Waals surface area contributed by atoms with Crippen LogP contribution in [-0.2, 0) is 25.1 Å². The number of oxime groups is 1. The van der Waals surface area contributed by atoms with Crippen molar-refractivity contribution in [3.8, 4) is 5.69 Å². The van der Waals surface area contributed by atoms with Gasteiger partial charge in [0, 0.05) is 25.6 Å². The van der Waals surface area contributed by atoms with E-state index in [-0.39, 0.29) is 17.1 Å². The van der Waals surface area contributed by atoms with E-state index in [1.54, 1.807) is 36.1 Å². The zero-order valence-corrected chi connectivity index (χ0v) is 26.9. The van der Waals surface area contributed by atoms with Crippen molar-refractivity contribution in [3.63, 3.8) is 0 Å². The van der Waals surface area contributed by atoms with E-state index in [1.807, 2.05) is 18.2 Å². The van der Waals surface area contributed by atoms with Crippen LogP contribution in [-0.4, -0.2) is 70.1 Å². The molecule has 0 N–H and O–H groups in total. The Morgan fingerprint density at radius 1 is 1.12 bits per heavy atom. The molecule has 16 heteroatoms. The van der Waals surface area contributed by atoms with E-state index in [1.165, 1.54) is 12.1 Å². The Balaban J connectivity index is 1.34. The van der Waals surface area contributed by atoms with Gasteiger partial charge < -0.3 is 19.0 Å². The number of piperidine rings is 1. The van der Waals surface area contributed by atoms with Crippen LogP contribution in [0.3, 0.4) is 0 Å². The monoisotopic (exact) mass is 688 g/mol. The highest BCUT2D eigenvalue weighted by Gasteiger charge is 2.57. The average Bonchev–Trinajstić information content (AvgIpc) is 3.80. The number of benzene rings is 2. The minimum atomic E-state index is -5.52.